The highest BCUT2D eigenvalue weighted by atomic mass is 16.1. The Morgan fingerprint density at radius 2 is 1.82 bits per heavy atom. The molecule has 0 radical (unpaired) electrons. The maximum absolute atomic E-state index is 11.8. The monoisotopic (exact) mass is 154 g/mol. The van der Waals surface area contributed by atoms with Gasteiger partial charge in [0.05, 0.1) is 0 Å². The Morgan fingerprint density at radius 1 is 1.36 bits per heavy atom. The van der Waals surface area contributed by atoms with Gasteiger partial charge in [-0.15, -0.1) is 0 Å². The first kappa shape index (κ1) is 8.76. The standard InChI is InChI=1S/C10H18O/c1-5-10(6-7-10)8(11)9(2,3)4/h5-7H2,1-4H3. The molecule has 1 nitrogen and oxygen atoms in total. The van der Waals surface area contributed by atoms with Crippen molar-refractivity contribution in [1.29, 1.82) is 0 Å². The topological polar surface area (TPSA) is 17.1 Å². The van der Waals surface area contributed by atoms with Gasteiger partial charge in [0.2, 0.25) is 0 Å². The van der Waals surface area contributed by atoms with Gasteiger partial charge in [-0.05, 0) is 19.3 Å². The number of Topliss-reactive ketones (excluding diaryl/α,β-unsaturated/α-hetero) is 1. The summed E-state index contributed by atoms with van der Waals surface area (Å²) in [5, 5.41) is 0. The average molecular weight is 154 g/mol. The summed E-state index contributed by atoms with van der Waals surface area (Å²) in [4.78, 5) is 11.8. The van der Waals surface area contributed by atoms with E-state index < -0.39 is 0 Å². The SMILES string of the molecule is CCC1(C(=O)C(C)(C)C)CC1. The lowest BCUT2D eigenvalue weighted by Crippen LogP contribution is -2.29. The summed E-state index contributed by atoms with van der Waals surface area (Å²) in [5.41, 5.74) is -0.0369. The average Bonchev–Trinajstić information content (AvgIpc) is 2.64. The van der Waals surface area contributed by atoms with E-state index in [9.17, 15) is 4.79 Å². The van der Waals surface area contributed by atoms with Gasteiger partial charge in [-0.2, -0.15) is 0 Å². The Hall–Kier alpha value is -0.330. The van der Waals surface area contributed by atoms with Crippen LogP contribution in [0.25, 0.3) is 0 Å². The molecule has 0 atom stereocenters. The second kappa shape index (κ2) is 2.33. The van der Waals surface area contributed by atoms with Crippen molar-refractivity contribution in [2.75, 3.05) is 0 Å². The van der Waals surface area contributed by atoms with Gasteiger partial charge < -0.3 is 0 Å². The molecule has 0 aromatic carbocycles. The number of rotatable bonds is 2. The fraction of sp³-hybridized carbons (Fsp3) is 0.900. The first-order chi connectivity index (χ1) is 4.92. The molecule has 0 unspecified atom stereocenters. The second-order valence-electron chi connectivity index (χ2n) is 4.71. The summed E-state index contributed by atoms with van der Waals surface area (Å²) in [5.74, 6) is 0.465. The van der Waals surface area contributed by atoms with E-state index in [0.29, 0.717) is 5.78 Å². The van der Waals surface area contributed by atoms with E-state index in [4.69, 9.17) is 0 Å². The summed E-state index contributed by atoms with van der Waals surface area (Å²) in [6, 6.07) is 0. The van der Waals surface area contributed by atoms with Crippen molar-refractivity contribution in [3.8, 4) is 0 Å². The molecule has 0 bridgehead atoms. The van der Waals surface area contributed by atoms with Crippen molar-refractivity contribution >= 4 is 5.78 Å². The van der Waals surface area contributed by atoms with Crippen LogP contribution >= 0.6 is 0 Å². The van der Waals surface area contributed by atoms with Crippen molar-refractivity contribution in [3.05, 3.63) is 0 Å². The molecule has 0 heterocycles. The van der Waals surface area contributed by atoms with Gasteiger partial charge in [0.25, 0.3) is 0 Å². The van der Waals surface area contributed by atoms with Crippen molar-refractivity contribution in [3.63, 3.8) is 0 Å². The summed E-state index contributed by atoms with van der Waals surface area (Å²) >= 11 is 0. The van der Waals surface area contributed by atoms with Gasteiger partial charge in [-0.1, -0.05) is 27.7 Å². The van der Waals surface area contributed by atoms with Gasteiger partial charge >= 0.3 is 0 Å². The largest absolute Gasteiger partial charge is 0.298 e. The molecule has 1 rings (SSSR count). The van der Waals surface area contributed by atoms with E-state index >= 15 is 0 Å². The lowest BCUT2D eigenvalue weighted by molar-refractivity contribution is -0.131. The lowest BCUT2D eigenvalue weighted by Gasteiger charge is -2.22. The number of carbonyl (C=O) groups is 1. The van der Waals surface area contributed by atoms with Crippen molar-refractivity contribution < 1.29 is 4.79 Å². The van der Waals surface area contributed by atoms with Crippen LogP contribution in [0.2, 0.25) is 0 Å². The highest BCUT2D eigenvalue weighted by molar-refractivity contribution is 5.91. The van der Waals surface area contributed by atoms with Gasteiger partial charge in [0.15, 0.2) is 0 Å². The summed E-state index contributed by atoms with van der Waals surface area (Å²) in [6.45, 7) is 8.18. The molecule has 11 heavy (non-hydrogen) atoms. The first-order valence-electron chi connectivity index (χ1n) is 4.47. The summed E-state index contributed by atoms with van der Waals surface area (Å²) < 4.78 is 0. The lowest BCUT2D eigenvalue weighted by atomic mass is 9.80. The van der Waals surface area contributed by atoms with E-state index in [0.717, 1.165) is 19.3 Å². The van der Waals surface area contributed by atoms with E-state index in [-0.39, 0.29) is 10.8 Å². The van der Waals surface area contributed by atoms with Crippen molar-refractivity contribution in [1.82, 2.24) is 0 Å². The predicted octanol–water partition coefficient (Wildman–Crippen LogP) is 2.79. The Bertz CT molecular complexity index is 170. The predicted molar refractivity (Wildman–Crippen MR) is 46.4 cm³/mol. The van der Waals surface area contributed by atoms with Crippen LogP contribution in [-0.4, -0.2) is 5.78 Å². The molecule has 0 aromatic rings. The van der Waals surface area contributed by atoms with Crippen LogP contribution < -0.4 is 0 Å². The van der Waals surface area contributed by atoms with Gasteiger partial charge in [0, 0.05) is 10.8 Å². The smallest absolute Gasteiger partial charge is 0.144 e. The van der Waals surface area contributed by atoms with Gasteiger partial charge in [-0.3, -0.25) is 4.79 Å². The van der Waals surface area contributed by atoms with Crippen LogP contribution in [0.15, 0.2) is 0 Å². The highest BCUT2D eigenvalue weighted by Crippen LogP contribution is 2.52. The van der Waals surface area contributed by atoms with E-state index in [2.05, 4.69) is 6.92 Å². The molecule has 0 saturated heterocycles. The third-order valence-corrected chi connectivity index (χ3v) is 2.69. The molecule has 0 amide bonds. The molecule has 0 aromatic heterocycles. The first-order valence-corrected chi connectivity index (χ1v) is 4.47. The van der Waals surface area contributed by atoms with Crippen LogP contribution in [0.4, 0.5) is 0 Å². The molecular weight excluding hydrogens is 136 g/mol. The molecular formula is C10H18O. The zero-order valence-electron chi connectivity index (χ0n) is 8.03. The van der Waals surface area contributed by atoms with Gasteiger partial charge in [-0.25, -0.2) is 0 Å². The number of carbonyl (C=O) groups excluding carboxylic acids is 1. The summed E-state index contributed by atoms with van der Waals surface area (Å²) in [6.07, 6.45) is 3.28. The number of ketones is 1. The normalized spacial score (nSPS) is 21.5. The quantitative estimate of drug-likeness (QED) is 0.597. The minimum absolute atomic E-state index is 0.0955. The van der Waals surface area contributed by atoms with Crippen molar-refractivity contribution in [2.24, 2.45) is 10.8 Å². The van der Waals surface area contributed by atoms with Crippen LogP contribution in [0.5, 0.6) is 0 Å². The molecule has 0 aliphatic heterocycles. The van der Waals surface area contributed by atoms with Crippen LogP contribution in [0.3, 0.4) is 0 Å². The molecule has 1 fully saturated rings. The molecule has 1 aliphatic carbocycles. The highest BCUT2D eigenvalue weighted by Gasteiger charge is 2.51. The molecule has 0 N–H and O–H groups in total. The zero-order chi connectivity index (χ0) is 8.70. The van der Waals surface area contributed by atoms with Crippen LogP contribution in [0.1, 0.15) is 47.0 Å². The van der Waals surface area contributed by atoms with Crippen molar-refractivity contribution in [2.45, 2.75) is 47.0 Å². The van der Waals surface area contributed by atoms with Crippen LogP contribution in [0, 0.1) is 10.8 Å². The molecule has 64 valence electrons. The van der Waals surface area contributed by atoms with E-state index in [1.165, 1.54) is 0 Å². The minimum atomic E-state index is -0.132. The Balaban J connectivity index is 2.69. The third kappa shape index (κ3) is 1.47. The van der Waals surface area contributed by atoms with E-state index in [1.54, 1.807) is 0 Å². The minimum Gasteiger partial charge on any atom is -0.298 e. The third-order valence-electron chi connectivity index (χ3n) is 2.69. The second-order valence-corrected chi connectivity index (χ2v) is 4.71. The maximum Gasteiger partial charge on any atom is 0.144 e. The Kier molecular flexibility index (Phi) is 1.85. The van der Waals surface area contributed by atoms with E-state index in [1.807, 2.05) is 20.8 Å². The molecule has 0 spiro atoms. The fourth-order valence-electron chi connectivity index (χ4n) is 1.69. The summed E-state index contributed by atoms with van der Waals surface area (Å²) in [7, 11) is 0. The van der Waals surface area contributed by atoms with Gasteiger partial charge in [0.1, 0.15) is 5.78 Å². The Labute approximate surface area is 69.2 Å². The van der Waals surface area contributed by atoms with Crippen LogP contribution in [-0.2, 0) is 4.79 Å². The maximum atomic E-state index is 11.8. The zero-order valence-corrected chi connectivity index (χ0v) is 8.03. The number of hydrogen-bond acceptors (Lipinski definition) is 1. The Morgan fingerprint density at radius 3 is 1.91 bits per heavy atom. The fourth-order valence-corrected chi connectivity index (χ4v) is 1.69. The molecule has 1 aliphatic rings. The number of hydrogen-bond donors (Lipinski definition) is 0. The molecule has 1 heteroatoms. The molecule has 1 saturated carbocycles.